The van der Waals surface area contributed by atoms with Gasteiger partial charge in [-0.3, -0.25) is 4.99 Å². The number of rotatable bonds is 6. The summed E-state index contributed by atoms with van der Waals surface area (Å²) >= 11 is 0. The van der Waals surface area contributed by atoms with Gasteiger partial charge in [0.2, 0.25) is 0 Å². The molecule has 2 aromatic carbocycles. The lowest BCUT2D eigenvalue weighted by Crippen LogP contribution is -2.37. The van der Waals surface area contributed by atoms with Crippen molar-refractivity contribution in [1.82, 2.24) is 20.4 Å². The van der Waals surface area contributed by atoms with Crippen molar-refractivity contribution < 1.29 is 4.39 Å². The van der Waals surface area contributed by atoms with Crippen molar-refractivity contribution in [3.8, 4) is 5.69 Å². The Morgan fingerprint density at radius 2 is 1.89 bits per heavy atom. The lowest BCUT2D eigenvalue weighted by atomic mass is 10.1. The summed E-state index contributed by atoms with van der Waals surface area (Å²) in [4.78, 5) is 4.25. The van der Waals surface area contributed by atoms with Crippen LogP contribution < -0.4 is 10.6 Å². The lowest BCUT2D eigenvalue weighted by molar-refractivity contribution is 0.627. The molecule has 148 valence electrons. The molecular weight excluding hydrogens is 468 g/mol. The predicted octanol–water partition coefficient (Wildman–Crippen LogP) is 3.85. The van der Waals surface area contributed by atoms with Crippen molar-refractivity contribution >= 4 is 29.9 Å². The summed E-state index contributed by atoms with van der Waals surface area (Å²) < 4.78 is 14.8. The second-order valence-electron chi connectivity index (χ2n) is 6.32. The van der Waals surface area contributed by atoms with E-state index in [9.17, 15) is 4.39 Å². The summed E-state index contributed by atoms with van der Waals surface area (Å²) in [5.41, 5.74) is 4.26. The van der Waals surface area contributed by atoms with Crippen LogP contribution in [-0.2, 0) is 13.0 Å². The van der Waals surface area contributed by atoms with E-state index in [1.807, 2.05) is 12.3 Å². The van der Waals surface area contributed by atoms with Gasteiger partial charge in [0.15, 0.2) is 5.96 Å². The normalized spacial score (nSPS) is 11.0. The Balaban J connectivity index is 0.00000280. The molecule has 0 saturated heterocycles. The molecule has 7 heteroatoms. The topological polar surface area (TPSA) is 54.2 Å². The van der Waals surface area contributed by atoms with Gasteiger partial charge in [-0.15, -0.1) is 24.0 Å². The van der Waals surface area contributed by atoms with Crippen LogP contribution >= 0.6 is 24.0 Å². The quantitative estimate of drug-likeness (QED) is 0.312. The largest absolute Gasteiger partial charge is 0.356 e. The van der Waals surface area contributed by atoms with E-state index in [1.165, 1.54) is 23.3 Å². The number of nitrogens with one attached hydrogen (secondary N) is 2. The molecule has 0 radical (unpaired) electrons. The Hall–Kier alpha value is -2.42. The third kappa shape index (κ3) is 6.33. The van der Waals surface area contributed by atoms with Crippen LogP contribution in [0.4, 0.5) is 4.39 Å². The van der Waals surface area contributed by atoms with E-state index >= 15 is 0 Å². The van der Waals surface area contributed by atoms with E-state index in [4.69, 9.17) is 0 Å². The fraction of sp³-hybridized carbons (Fsp3) is 0.238. The molecule has 0 atom stereocenters. The molecule has 0 amide bonds. The van der Waals surface area contributed by atoms with Crippen molar-refractivity contribution in [2.45, 2.75) is 19.9 Å². The van der Waals surface area contributed by atoms with Gasteiger partial charge >= 0.3 is 0 Å². The van der Waals surface area contributed by atoms with Gasteiger partial charge in [-0.05, 0) is 42.8 Å². The van der Waals surface area contributed by atoms with Crippen LogP contribution in [0.2, 0.25) is 0 Å². The fourth-order valence-electron chi connectivity index (χ4n) is 2.77. The first-order valence-corrected chi connectivity index (χ1v) is 8.94. The summed E-state index contributed by atoms with van der Waals surface area (Å²) in [5, 5.41) is 11.1. The van der Waals surface area contributed by atoms with Crippen molar-refractivity contribution in [2.75, 3.05) is 13.6 Å². The van der Waals surface area contributed by atoms with Gasteiger partial charge in [-0.1, -0.05) is 29.8 Å². The number of hydrogen-bond donors (Lipinski definition) is 2. The Bertz CT molecular complexity index is 905. The van der Waals surface area contributed by atoms with Crippen LogP contribution in [0.1, 0.15) is 16.8 Å². The molecule has 0 spiro atoms. The van der Waals surface area contributed by atoms with Crippen LogP contribution in [0.3, 0.4) is 0 Å². The number of hydrogen-bond acceptors (Lipinski definition) is 2. The highest BCUT2D eigenvalue weighted by Gasteiger charge is 2.03. The maximum Gasteiger partial charge on any atom is 0.191 e. The number of benzene rings is 2. The van der Waals surface area contributed by atoms with E-state index in [1.54, 1.807) is 23.9 Å². The van der Waals surface area contributed by atoms with Gasteiger partial charge in [-0.2, -0.15) is 5.10 Å². The smallest absolute Gasteiger partial charge is 0.191 e. The van der Waals surface area contributed by atoms with Crippen molar-refractivity contribution in [3.05, 3.63) is 83.4 Å². The lowest BCUT2D eigenvalue weighted by Gasteiger charge is -2.11. The monoisotopic (exact) mass is 493 g/mol. The number of guanidine groups is 1. The van der Waals surface area contributed by atoms with E-state index in [-0.39, 0.29) is 29.8 Å². The maximum atomic E-state index is 13.0. The van der Waals surface area contributed by atoms with Gasteiger partial charge in [0.1, 0.15) is 5.82 Å². The zero-order valence-corrected chi connectivity index (χ0v) is 18.4. The highest BCUT2D eigenvalue weighted by molar-refractivity contribution is 14.0. The molecule has 3 rings (SSSR count). The Morgan fingerprint density at radius 3 is 2.61 bits per heavy atom. The second kappa shape index (κ2) is 10.8. The number of halogens is 2. The molecule has 0 aliphatic heterocycles. The number of aryl methyl sites for hydroxylation is 1. The van der Waals surface area contributed by atoms with Gasteiger partial charge in [0, 0.05) is 32.8 Å². The fourth-order valence-corrected chi connectivity index (χ4v) is 2.77. The van der Waals surface area contributed by atoms with Gasteiger partial charge in [-0.25, -0.2) is 9.07 Å². The van der Waals surface area contributed by atoms with E-state index < -0.39 is 0 Å². The number of aromatic nitrogens is 2. The predicted molar refractivity (Wildman–Crippen MR) is 122 cm³/mol. The van der Waals surface area contributed by atoms with E-state index in [2.05, 4.69) is 51.9 Å². The zero-order chi connectivity index (χ0) is 19.1. The standard InChI is InChI=1S/C21H24FN5.HI/c1-16-4-3-5-17(14-16)15-25-21(23-2)24-12-10-19-11-13-27(26-19)20-8-6-18(22)7-9-20;/h3-9,11,13-14H,10,12,15H2,1-2H3,(H2,23,24,25);1H. The van der Waals surface area contributed by atoms with Crippen LogP contribution in [-0.4, -0.2) is 29.3 Å². The van der Waals surface area contributed by atoms with Crippen LogP contribution in [0.25, 0.3) is 5.69 Å². The minimum Gasteiger partial charge on any atom is -0.356 e. The average molecular weight is 493 g/mol. The first-order valence-electron chi connectivity index (χ1n) is 8.94. The summed E-state index contributed by atoms with van der Waals surface area (Å²) in [5.74, 6) is 0.509. The van der Waals surface area contributed by atoms with Gasteiger partial charge in [0.05, 0.1) is 11.4 Å². The third-order valence-corrected chi connectivity index (χ3v) is 4.18. The summed E-state index contributed by atoms with van der Waals surface area (Å²) in [7, 11) is 1.76. The molecule has 0 fully saturated rings. The molecule has 2 N–H and O–H groups in total. The summed E-state index contributed by atoms with van der Waals surface area (Å²) in [6, 6.07) is 16.6. The van der Waals surface area contributed by atoms with Gasteiger partial charge < -0.3 is 10.6 Å². The minimum absolute atomic E-state index is 0. The molecule has 5 nitrogen and oxygen atoms in total. The molecule has 0 aliphatic carbocycles. The van der Waals surface area contributed by atoms with Crippen LogP contribution in [0, 0.1) is 12.7 Å². The number of aliphatic imine (C=N–C) groups is 1. The highest BCUT2D eigenvalue weighted by atomic mass is 127. The molecular formula is C21H25FIN5. The van der Waals surface area contributed by atoms with Crippen LogP contribution in [0.5, 0.6) is 0 Å². The van der Waals surface area contributed by atoms with Crippen molar-refractivity contribution in [1.29, 1.82) is 0 Å². The highest BCUT2D eigenvalue weighted by Crippen LogP contribution is 2.09. The third-order valence-electron chi connectivity index (χ3n) is 4.18. The second-order valence-corrected chi connectivity index (χ2v) is 6.32. The van der Waals surface area contributed by atoms with Gasteiger partial charge in [0.25, 0.3) is 0 Å². The van der Waals surface area contributed by atoms with Crippen molar-refractivity contribution in [2.24, 2.45) is 4.99 Å². The summed E-state index contributed by atoms with van der Waals surface area (Å²) in [6.45, 7) is 3.52. The molecule has 28 heavy (non-hydrogen) atoms. The maximum absolute atomic E-state index is 13.0. The molecule has 1 heterocycles. The Labute approximate surface area is 182 Å². The molecule has 1 aromatic heterocycles. The first-order chi connectivity index (χ1) is 13.1. The van der Waals surface area contributed by atoms with E-state index in [0.717, 1.165) is 30.3 Å². The SMILES string of the molecule is CN=C(NCCc1ccn(-c2ccc(F)cc2)n1)NCc1cccc(C)c1.I. The van der Waals surface area contributed by atoms with Crippen LogP contribution in [0.15, 0.2) is 65.8 Å². The molecule has 0 aliphatic rings. The number of nitrogens with zero attached hydrogens (tertiary/aromatic N) is 3. The van der Waals surface area contributed by atoms with E-state index in [0.29, 0.717) is 6.54 Å². The molecule has 0 saturated carbocycles. The average Bonchev–Trinajstić information content (AvgIpc) is 3.14. The Morgan fingerprint density at radius 1 is 1.11 bits per heavy atom. The van der Waals surface area contributed by atoms with Crippen molar-refractivity contribution in [3.63, 3.8) is 0 Å². The molecule has 3 aromatic rings. The zero-order valence-electron chi connectivity index (χ0n) is 16.0. The first kappa shape index (κ1) is 21.9. The molecule has 0 unspecified atom stereocenters. The summed E-state index contributed by atoms with van der Waals surface area (Å²) in [6.07, 6.45) is 2.65. The minimum atomic E-state index is -0.250. The Kier molecular flexibility index (Phi) is 8.43. The molecule has 0 bridgehead atoms.